The molecule has 2 atom stereocenters. The van der Waals surface area contributed by atoms with Crippen LogP contribution >= 0.6 is 11.6 Å². The molecule has 0 spiro atoms. The molecular formula is C26H32ClN3O. The van der Waals surface area contributed by atoms with Crippen LogP contribution in [0.2, 0.25) is 0 Å². The van der Waals surface area contributed by atoms with Crippen LogP contribution in [0.1, 0.15) is 48.6 Å². The first kappa shape index (κ1) is 21.0. The van der Waals surface area contributed by atoms with E-state index in [0.29, 0.717) is 17.8 Å². The number of halogens is 1. The molecule has 1 saturated carbocycles. The number of carbonyl (C=O) groups excluding carboxylic acids is 1. The molecule has 3 saturated heterocycles. The molecule has 31 heavy (non-hydrogen) atoms. The Labute approximate surface area is 190 Å². The second-order valence-electron chi connectivity index (χ2n) is 9.57. The minimum absolute atomic E-state index is 0.00209. The first-order chi connectivity index (χ1) is 15.2. The van der Waals surface area contributed by atoms with Crippen molar-refractivity contribution in [1.29, 1.82) is 0 Å². The number of hydrazine groups is 1. The normalized spacial score (nSPS) is 31.5. The third kappa shape index (κ3) is 4.13. The summed E-state index contributed by atoms with van der Waals surface area (Å²) in [5, 5.41) is 2.19. The molecule has 3 aliphatic heterocycles. The zero-order valence-corrected chi connectivity index (χ0v) is 18.8. The smallest absolute Gasteiger partial charge is 0.249 e. The zero-order chi connectivity index (χ0) is 21.3. The van der Waals surface area contributed by atoms with E-state index in [2.05, 4.69) is 76.0 Å². The number of benzene rings is 2. The summed E-state index contributed by atoms with van der Waals surface area (Å²) in [7, 11) is 0. The molecule has 0 aromatic heterocycles. The van der Waals surface area contributed by atoms with Gasteiger partial charge in [0.1, 0.15) is 5.88 Å². The van der Waals surface area contributed by atoms with Crippen LogP contribution in [0, 0.1) is 5.92 Å². The zero-order valence-electron chi connectivity index (χ0n) is 18.1. The van der Waals surface area contributed by atoms with E-state index < -0.39 is 0 Å². The molecule has 3 heterocycles. The minimum Gasteiger partial charge on any atom is -0.296 e. The number of amides is 1. The second kappa shape index (κ2) is 8.93. The number of alkyl halides is 1. The number of hydrogen-bond donors (Lipinski definition) is 1. The number of nitrogens with zero attached hydrogens (tertiary/aromatic N) is 2. The van der Waals surface area contributed by atoms with E-state index in [4.69, 9.17) is 11.6 Å². The summed E-state index contributed by atoms with van der Waals surface area (Å²) in [6, 6.07) is 22.1. The van der Waals surface area contributed by atoms with E-state index in [0.717, 1.165) is 39.0 Å². The fourth-order valence-electron chi connectivity index (χ4n) is 6.51. The summed E-state index contributed by atoms with van der Waals surface area (Å²) < 4.78 is 0. The van der Waals surface area contributed by atoms with Gasteiger partial charge in [-0.05, 0) is 67.7 Å². The predicted octanol–water partition coefficient (Wildman–Crippen LogP) is 4.38. The molecule has 1 amide bonds. The van der Waals surface area contributed by atoms with E-state index in [-0.39, 0.29) is 17.3 Å². The average molecular weight is 438 g/mol. The Hall–Kier alpha value is -1.88. The van der Waals surface area contributed by atoms with E-state index in [9.17, 15) is 4.79 Å². The van der Waals surface area contributed by atoms with Crippen molar-refractivity contribution < 1.29 is 4.79 Å². The highest BCUT2D eigenvalue weighted by molar-refractivity contribution is 6.27. The van der Waals surface area contributed by atoms with Crippen molar-refractivity contribution in [3.63, 3.8) is 0 Å². The van der Waals surface area contributed by atoms with E-state index in [1.165, 1.54) is 24.0 Å². The lowest BCUT2D eigenvalue weighted by atomic mass is 9.61. The van der Waals surface area contributed by atoms with Gasteiger partial charge in [0.15, 0.2) is 0 Å². The molecule has 164 valence electrons. The average Bonchev–Trinajstić information content (AvgIpc) is 3.26. The molecule has 6 rings (SSSR count). The van der Waals surface area contributed by atoms with Crippen molar-refractivity contribution in [3.05, 3.63) is 71.8 Å². The first-order valence-electron chi connectivity index (χ1n) is 11.6. The number of rotatable bonds is 5. The van der Waals surface area contributed by atoms with Gasteiger partial charge in [-0.2, -0.15) is 0 Å². The van der Waals surface area contributed by atoms with Crippen LogP contribution in [0.4, 0.5) is 0 Å². The molecule has 2 bridgehead atoms. The monoisotopic (exact) mass is 437 g/mol. The fourth-order valence-corrected chi connectivity index (χ4v) is 6.57. The quantitative estimate of drug-likeness (QED) is 0.705. The highest BCUT2D eigenvalue weighted by Crippen LogP contribution is 2.54. The maximum atomic E-state index is 12.3. The van der Waals surface area contributed by atoms with E-state index in [1.807, 2.05) is 0 Å². The van der Waals surface area contributed by atoms with Gasteiger partial charge in [-0.15, -0.1) is 11.6 Å². The molecule has 2 aromatic rings. The van der Waals surface area contributed by atoms with Gasteiger partial charge in [0, 0.05) is 18.6 Å². The van der Waals surface area contributed by atoms with Gasteiger partial charge in [0.2, 0.25) is 5.91 Å². The highest BCUT2D eigenvalue weighted by Gasteiger charge is 2.54. The molecule has 4 aliphatic rings. The third-order valence-corrected chi connectivity index (χ3v) is 8.03. The molecule has 1 N–H and O–H groups in total. The van der Waals surface area contributed by atoms with Gasteiger partial charge in [-0.3, -0.25) is 15.1 Å². The predicted molar refractivity (Wildman–Crippen MR) is 125 cm³/mol. The van der Waals surface area contributed by atoms with Gasteiger partial charge in [0.05, 0.1) is 0 Å². The fraction of sp³-hybridized carbons (Fsp3) is 0.500. The Balaban J connectivity index is 1.59. The van der Waals surface area contributed by atoms with Crippen molar-refractivity contribution >= 4 is 17.5 Å². The van der Waals surface area contributed by atoms with Gasteiger partial charge in [-0.1, -0.05) is 60.7 Å². The number of hydrogen-bond acceptors (Lipinski definition) is 3. The summed E-state index contributed by atoms with van der Waals surface area (Å²) in [5.41, 5.74) is 6.06. The van der Waals surface area contributed by atoms with Crippen LogP contribution in [0.15, 0.2) is 60.7 Å². The summed E-state index contributed by atoms with van der Waals surface area (Å²) in [4.78, 5) is 15.0. The van der Waals surface area contributed by atoms with Crippen LogP contribution in [-0.2, 0) is 4.79 Å². The van der Waals surface area contributed by atoms with Crippen molar-refractivity contribution in [2.75, 3.05) is 32.1 Å². The summed E-state index contributed by atoms with van der Waals surface area (Å²) in [6.07, 6.45) is 4.84. The number of nitrogens with one attached hydrogen (secondary N) is 1. The molecule has 4 fully saturated rings. The maximum Gasteiger partial charge on any atom is 0.249 e. The van der Waals surface area contributed by atoms with Crippen LogP contribution in [0.3, 0.4) is 0 Å². The van der Waals surface area contributed by atoms with Crippen LogP contribution in [-0.4, -0.2) is 53.4 Å². The second-order valence-corrected chi connectivity index (χ2v) is 9.84. The molecular weight excluding hydrogens is 406 g/mol. The molecule has 1 aliphatic carbocycles. The summed E-state index contributed by atoms with van der Waals surface area (Å²) in [6.45, 7) is 4.05. The van der Waals surface area contributed by atoms with E-state index in [1.54, 1.807) is 0 Å². The van der Waals surface area contributed by atoms with Crippen molar-refractivity contribution in [2.45, 2.75) is 43.1 Å². The number of fused-ring (bicyclic) bond motifs is 4. The summed E-state index contributed by atoms with van der Waals surface area (Å²) >= 11 is 5.86. The minimum atomic E-state index is -0.105. The topological polar surface area (TPSA) is 35.6 Å². The Morgan fingerprint density at radius 1 is 0.935 bits per heavy atom. The first-order valence-corrected chi connectivity index (χ1v) is 12.2. The SMILES string of the molecule is O=C(CCl)NN1CC2C(c3ccccc3)CC(N3CCCC3)(CC2c2ccccc2)C1. The molecule has 2 unspecified atom stereocenters. The lowest BCUT2D eigenvalue weighted by Gasteiger charge is -2.50. The lowest BCUT2D eigenvalue weighted by molar-refractivity contribution is -0.124. The number of carbonyl (C=O) groups is 1. The Morgan fingerprint density at radius 3 is 2.00 bits per heavy atom. The van der Waals surface area contributed by atoms with Gasteiger partial charge in [0.25, 0.3) is 0 Å². The van der Waals surface area contributed by atoms with Crippen molar-refractivity contribution in [2.24, 2.45) is 5.92 Å². The Morgan fingerprint density at radius 2 is 1.48 bits per heavy atom. The molecule has 0 radical (unpaired) electrons. The molecule has 4 nitrogen and oxygen atoms in total. The highest BCUT2D eigenvalue weighted by atomic mass is 35.5. The Bertz CT molecular complexity index is 835. The van der Waals surface area contributed by atoms with Gasteiger partial charge >= 0.3 is 0 Å². The van der Waals surface area contributed by atoms with Crippen LogP contribution in [0.5, 0.6) is 0 Å². The van der Waals surface area contributed by atoms with E-state index >= 15 is 0 Å². The molecule has 2 aromatic carbocycles. The lowest BCUT2D eigenvalue weighted by Crippen LogP contribution is -2.57. The van der Waals surface area contributed by atoms with Gasteiger partial charge in [-0.25, -0.2) is 5.01 Å². The Kier molecular flexibility index (Phi) is 6.05. The third-order valence-electron chi connectivity index (χ3n) is 7.79. The van der Waals surface area contributed by atoms with Crippen LogP contribution in [0.25, 0.3) is 0 Å². The largest absolute Gasteiger partial charge is 0.296 e. The maximum absolute atomic E-state index is 12.3. The van der Waals surface area contributed by atoms with Crippen molar-refractivity contribution in [3.8, 4) is 0 Å². The van der Waals surface area contributed by atoms with Gasteiger partial charge < -0.3 is 0 Å². The number of likely N-dealkylation sites (tertiary alicyclic amines) is 1. The molecule has 5 heteroatoms. The standard InChI is InChI=1S/C26H32ClN3O/c27-17-25(31)28-30-18-24-22(20-9-3-1-4-10-20)15-26(19-30,29-13-7-8-14-29)16-23(24)21-11-5-2-6-12-21/h1-6,9-12,22-24H,7-8,13-19H2,(H,28,31). The van der Waals surface area contributed by atoms with Crippen molar-refractivity contribution in [1.82, 2.24) is 15.3 Å². The van der Waals surface area contributed by atoms with Crippen LogP contribution < -0.4 is 5.43 Å². The summed E-state index contributed by atoms with van der Waals surface area (Å²) in [5.74, 6) is 1.28.